The second kappa shape index (κ2) is 10.9. The number of nitrogens with zero attached hydrogens (tertiary/aromatic N) is 1. The Hall–Kier alpha value is -2.07. The standard InChI is InChI=1S/C25H26BrIN2O4/c1-2-32-22-14-17(12-20(27)23(22)33-15-16-8-10-18(26)11-9-16)13-21-24(30)29(25(31)28-21)19-6-4-3-5-7-19/h8-14,19H,2-7,15H2,1H3,(H,28,31)/b21-13-. The Labute approximate surface area is 216 Å². The molecular formula is C25H26BrIN2O4. The van der Waals surface area contributed by atoms with Crippen LogP contribution in [-0.2, 0) is 11.4 Å². The Balaban J connectivity index is 1.55. The van der Waals surface area contributed by atoms with E-state index in [9.17, 15) is 9.59 Å². The number of imide groups is 1. The Kier molecular flexibility index (Phi) is 7.95. The van der Waals surface area contributed by atoms with E-state index in [4.69, 9.17) is 9.47 Å². The minimum atomic E-state index is -0.327. The van der Waals surface area contributed by atoms with E-state index in [-0.39, 0.29) is 18.0 Å². The van der Waals surface area contributed by atoms with Gasteiger partial charge < -0.3 is 14.8 Å². The van der Waals surface area contributed by atoms with Gasteiger partial charge in [-0.3, -0.25) is 9.69 Å². The number of carbonyl (C=O) groups is 2. The van der Waals surface area contributed by atoms with Gasteiger partial charge >= 0.3 is 6.03 Å². The van der Waals surface area contributed by atoms with E-state index in [0.29, 0.717) is 30.4 Å². The average molecular weight is 625 g/mol. The highest BCUT2D eigenvalue weighted by Gasteiger charge is 2.39. The maximum atomic E-state index is 13.0. The monoisotopic (exact) mass is 624 g/mol. The first-order chi connectivity index (χ1) is 16.0. The van der Waals surface area contributed by atoms with E-state index in [1.165, 1.54) is 4.90 Å². The third-order valence-corrected chi connectivity index (χ3v) is 7.12. The van der Waals surface area contributed by atoms with Crippen molar-refractivity contribution in [2.75, 3.05) is 6.61 Å². The van der Waals surface area contributed by atoms with Crippen LogP contribution in [0.3, 0.4) is 0 Å². The Morgan fingerprint density at radius 3 is 2.55 bits per heavy atom. The molecule has 2 aromatic rings. The molecule has 8 heteroatoms. The Bertz CT molecular complexity index is 1060. The quantitative estimate of drug-likeness (QED) is 0.224. The SMILES string of the molecule is CCOc1cc(/C=C2\NC(=O)N(C3CCCCC3)C2=O)cc(I)c1OCc1ccc(Br)cc1. The van der Waals surface area contributed by atoms with Crippen molar-refractivity contribution in [2.45, 2.75) is 51.7 Å². The zero-order chi connectivity index (χ0) is 23.4. The fourth-order valence-electron chi connectivity index (χ4n) is 4.20. The second-order valence-corrected chi connectivity index (χ2v) is 10.2. The van der Waals surface area contributed by atoms with Gasteiger partial charge in [-0.15, -0.1) is 0 Å². The summed E-state index contributed by atoms with van der Waals surface area (Å²) in [6.07, 6.45) is 6.74. The van der Waals surface area contributed by atoms with Crippen LogP contribution in [0.2, 0.25) is 0 Å². The van der Waals surface area contributed by atoms with Crippen molar-refractivity contribution in [1.82, 2.24) is 10.2 Å². The van der Waals surface area contributed by atoms with Gasteiger partial charge in [0.15, 0.2) is 11.5 Å². The van der Waals surface area contributed by atoms with Gasteiger partial charge in [0.05, 0.1) is 10.2 Å². The molecule has 0 atom stereocenters. The Morgan fingerprint density at radius 2 is 1.85 bits per heavy atom. The number of urea groups is 1. The molecule has 1 heterocycles. The third-order valence-electron chi connectivity index (χ3n) is 5.79. The smallest absolute Gasteiger partial charge is 0.329 e. The number of benzene rings is 2. The van der Waals surface area contributed by atoms with Crippen LogP contribution in [0, 0.1) is 3.57 Å². The van der Waals surface area contributed by atoms with Crippen LogP contribution in [0.25, 0.3) is 6.08 Å². The van der Waals surface area contributed by atoms with Gasteiger partial charge in [-0.2, -0.15) is 0 Å². The molecule has 0 aromatic heterocycles. The first-order valence-electron chi connectivity index (χ1n) is 11.2. The summed E-state index contributed by atoms with van der Waals surface area (Å²) >= 11 is 5.65. The van der Waals surface area contributed by atoms with E-state index in [1.54, 1.807) is 6.08 Å². The number of halogens is 2. The summed E-state index contributed by atoms with van der Waals surface area (Å²) in [6.45, 7) is 2.81. The first-order valence-corrected chi connectivity index (χ1v) is 13.0. The summed E-state index contributed by atoms with van der Waals surface area (Å²) in [5.41, 5.74) is 2.12. The number of hydrogen-bond donors (Lipinski definition) is 1. The predicted molar refractivity (Wildman–Crippen MR) is 139 cm³/mol. The molecule has 6 nitrogen and oxygen atoms in total. The minimum absolute atomic E-state index is 0.00865. The Morgan fingerprint density at radius 1 is 1.12 bits per heavy atom. The molecule has 1 aliphatic heterocycles. The van der Waals surface area contributed by atoms with Gasteiger partial charge in [-0.25, -0.2) is 4.79 Å². The number of nitrogens with one attached hydrogen (secondary N) is 1. The molecule has 1 saturated carbocycles. The van der Waals surface area contributed by atoms with Crippen molar-refractivity contribution in [3.63, 3.8) is 0 Å². The lowest BCUT2D eigenvalue weighted by atomic mass is 9.94. The van der Waals surface area contributed by atoms with Crippen LogP contribution >= 0.6 is 38.5 Å². The zero-order valence-corrected chi connectivity index (χ0v) is 22.1. The van der Waals surface area contributed by atoms with Crippen molar-refractivity contribution in [3.05, 3.63) is 61.3 Å². The van der Waals surface area contributed by atoms with Crippen molar-refractivity contribution in [2.24, 2.45) is 0 Å². The normalized spacial score (nSPS) is 18.0. The van der Waals surface area contributed by atoms with Crippen molar-refractivity contribution >= 4 is 56.5 Å². The van der Waals surface area contributed by atoms with Crippen LogP contribution in [0.5, 0.6) is 11.5 Å². The van der Waals surface area contributed by atoms with Crippen molar-refractivity contribution in [1.29, 1.82) is 0 Å². The van der Waals surface area contributed by atoms with Crippen molar-refractivity contribution < 1.29 is 19.1 Å². The van der Waals surface area contributed by atoms with E-state index >= 15 is 0 Å². The van der Waals surface area contributed by atoms with E-state index in [1.807, 2.05) is 43.3 Å². The van der Waals surface area contributed by atoms with Gasteiger partial charge in [-0.1, -0.05) is 47.3 Å². The maximum absolute atomic E-state index is 13.0. The predicted octanol–water partition coefficient (Wildman–Crippen LogP) is 6.26. The van der Waals surface area contributed by atoms with Gasteiger partial charge in [-0.05, 0) is 83.8 Å². The van der Waals surface area contributed by atoms with Crippen LogP contribution < -0.4 is 14.8 Å². The number of hydrogen-bond acceptors (Lipinski definition) is 4. The largest absolute Gasteiger partial charge is 0.490 e. The molecule has 2 fully saturated rings. The van der Waals surface area contributed by atoms with E-state index in [2.05, 4.69) is 43.8 Å². The molecule has 33 heavy (non-hydrogen) atoms. The van der Waals surface area contributed by atoms with Crippen LogP contribution in [0.15, 0.2) is 46.6 Å². The summed E-state index contributed by atoms with van der Waals surface area (Å²) < 4.78 is 13.8. The molecule has 1 saturated heterocycles. The molecule has 1 N–H and O–H groups in total. The van der Waals surface area contributed by atoms with E-state index in [0.717, 1.165) is 51.3 Å². The summed E-state index contributed by atoms with van der Waals surface area (Å²) in [6, 6.07) is 11.4. The van der Waals surface area contributed by atoms with Gasteiger partial charge in [0.25, 0.3) is 5.91 Å². The molecule has 3 amide bonds. The minimum Gasteiger partial charge on any atom is -0.490 e. The number of ether oxygens (including phenoxy) is 2. The fraction of sp³-hybridized carbons (Fsp3) is 0.360. The molecule has 2 aliphatic rings. The highest BCUT2D eigenvalue weighted by atomic mass is 127. The van der Waals surface area contributed by atoms with Crippen LogP contribution in [0.4, 0.5) is 4.79 Å². The summed E-state index contributed by atoms with van der Waals surface area (Å²) in [5.74, 6) is 1.01. The summed E-state index contributed by atoms with van der Waals surface area (Å²) in [7, 11) is 0. The zero-order valence-electron chi connectivity index (χ0n) is 18.4. The molecule has 1 aliphatic carbocycles. The summed E-state index contributed by atoms with van der Waals surface area (Å²) in [5, 5.41) is 2.76. The topological polar surface area (TPSA) is 67.9 Å². The van der Waals surface area contributed by atoms with Gasteiger partial charge in [0, 0.05) is 10.5 Å². The fourth-order valence-corrected chi connectivity index (χ4v) is 5.24. The molecular weight excluding hydrogens is 599 g/mol. The average Bonchev–Trinajstić information content (AvgIpc) is 3.08. The number of carbonyl (C=O) groups excluding carboxylic acids is 2. The number of rotatable bonds is 7. The molecule has 0 spiro atoms. The number of amides is 3. The highest BCUT2D eigenvalue weighted by Crippen LogP contribution is 2.36. The maximum Gasteiger partial charge on any atom is 0.329 e. The molecule has 4 rings (SSSR count). The molecule has 0 bridgehead atoms. The third kappa shape index (κ3) is 5.71. The molecule has 2 aromatic carbocycles. The van der Waals surface area contributed by atoms with Crippen LogP contribution in [0.1, 0.15) is 50.2 Å². The van der Waals surface area contributed by atoms with Gasteiger partial charge in [0.1, 0.15) is 12.3 Å². The molecule has 0 radical (unpaired) electrons. The summed E-state index contributed by atoms with van der Waals surface area (Å²) in [4.78, 5) is 26.9. The molecule has 174 valence electrons. The van der Waals surface area contributed by atoms with Crippen molar-refractivity contribution in [3.8, 4) is 11.5 Å². The lowest BCUT2D eigenvalue weighted by Gasteiger charge is -2.28. The highest BCUT2D eigenvalue weighted by molar-refractivity contribution is 14.1. The lowest BCUT2D eigenvalue weighted by Crippen LogP contribution is -2.41. The second-order valence-electron chi connectivity index (χ2n) is 8.13. The molecule has 0 unspecified atom stereocenters. The van der Waals surface area contributed by atoms with Gasteiger partial charge in [0.2, 0.25) is 0 Å². The lowest BCUT2D eigenvalue weighted by molar-refractivity contribution is -0.124. The van der Waals surface area contributed by atoms with E-state index < -0.39 is 0 Å². The first kappa shape index (κ1) is 24.1. The van der Waals surface area contributed by atoms with Crippen LogP contribution in [-0.4, -0.2) is 29.5 Å².